The van der Waals surface area contributed by atoms with E-state index in [4.69, 9.17) is 4.74 Å². The van der Waals surface area contributed by atoms with Crippen molar-refractivity contribution >= 4 is 11.9 Å². The number of rotatable bonds is 5. The summed E-state index contributed by atoms with van der Waals surface area (Å²) in [5.74, 6) is -1.24. The number of hydrogen-bond acceptors (Lipinski definition) is 3. The number of carboxylic acids is 1. The van der Waals surface area contributed by atoms with E-state index in [-0.39, 0.29) is 6.42 Å². The highest BCUT2D eigenvalue weighted by Crippen LogP contribution is 2.39. The van der Waals surface area contributed by atoms with Crippen molar-refractivity contribution in [3.05, 3.63) is 89.7 Å². The minimum Gasteiger partial charge on any atom is -0.496 e. The Morgan fingerprint density at radius 2 is 1.65 bits per heavy atom. The van der Waals surface area contributed by atoms with Crippen molar-refractivity contribution in [3.8, 4) is 16.9 Å². The smallest absolute Gasteiger partial charge is 0.326 e. The molecule has 1 fully saturated rings. The van der Waals surface area contributed by atoms with Crippen molar-refractivity contribution in [2.75, 3.05) is 7.11 Å². The van der Waals surface area contributed by atoms with E-state index in [1.807, 2.05) is 24.3 Å². The maximum absolute atomic E-state index is 14.4. The largest absolute Gasteiger partial charge is 0.496 e. The molecule has 5 nitrogen and oxygen atoms in total. The van der Waals surface area contributed by atoms with Gasteiger partial charge in [0.15, 0.2) is 0 Å². The highest BCUT2D eigenvalue weighted by Gasteiger charge is 2.42. The van der Waals surface area contributed by atoms with Crippen molar-refractivity contribution in [2.45, 2.75) is 24.9 Å². The van der Waals surface area contributed by atoms with Gasteiger partial charge < -0.3 is 14.7 Å². The molecule has 0 saturated carbocycles. The topological polar surface area (TPSA) is 66.8 Å². The Balaban J connectivity index is 1.67. The van der Waals surface area contributed by atoms with E-state index in [0.29, 0.717) is 23.3 Å². The van der Waals surface area contributed by atoms with Crippen molar-refractivity contribution in [2.24, 2.45) is 0 Å². The molecule has 1 aliphatic heterocycles. The molecule has 3 aromatic rings. The number of halogens is 1. The van der Waals surface area contributed by atoms with Crippen LogP contribution in [0.2, 0.25) is 0 Å². The number of amides is 1. The first-order chi connectivity index (χ1) is 15.0. The van der Waals surface area contributed by atoms with E-state index in [1.54, 1.807) is 49.6 Å². The summed E-state index contributed by atoms with van der Waals surface area (Å²) in [5.41, 5.74) is 2.45. The highest BCUT2D eigenvalue weighted by atomic mass is 19.1. The Bertz CT molecular complexity index is 1110. The molecule has 4 rings (SSSR count). The maximum atomic E-state index is 14.4. The lowest BCUT2D eigenvalue weighted by Crippen LogP contribution is -2.42. The van der Waals surface area contributed by atoms with Gasteiger partial charge in [-0.25, -0.2) is 9.18 Å². The maximum Gasteiger partial charge on any atom is 0.326 e. The minimum absolute atomic E-state index is 0.277. The molecule has 158 valence electrons. The fraction of sp³-hybridized carbons (Fsp3) is 0.200. The summed E-state index contributed by atoms with van der Waals surface area (Å²) in [6.07, 6.45) is 0.669. The third kappa shape index (κ3) is 3.89. The Kier molecular flexibility index (Phi) is 5.71. The Morgan fingerprint density at radius 1 is 0.968 bits per heavy atom. The van der Waals surface area contributed by atoms with Crippen LogP contribution >= 0.6 is 0 Å². The third-order valence-electron chi connectivity index (χ3n) is 5.72. The van der Waals surface area contributed by atoms with Crippen molar-refractivity contribution < 1.29 is 23.8 Å². The van der Waals surface area contributed by atoms with Crippen LogP contribution in [0.3, 0.4) is 0 Å². The molecule has 31 heavy (non-hydrogen) atoms. The van der Waals surface area contributed by atoms with Crippen LogP contribution in [0.5, 0.6) is 5.75 Å². The Labute approximate surface area is 179 Å². The number of carbonyl (C=O) groups is 2. The van der Waals surface area contributed by atoms with Crippen molar-refractivity contribution in [1.82, 2.24) is 4.90 Å². The molecule has 1 aliphatic rings. The number of carboxylic acid groups (broad SMARTS) is 1. The molecule has 0 spiro atoms. The number of methoxy groups -OCH3 is 1. The molecule has 3 aromatic carbocycles. The van der Waals surface area contributed by atoms with Gasteiger partial charge in [0.2, 0.25) is 0 Å². The number of nitrogens with zero attached hydrogens (tertiary/aromatic N) is 1. The fourth-order valence-corrected chi connectivity index (χ4v) is 4.21. The van der Waals surface area contributed by atoms with Crippen LogP contribution in [-0.4, -0.2) is 35.0 Å². The molecule has 1 amide bonds. The van der Waals surface area contributed by atoms with Crippen molar-refractivity contribution in [1.29, 1.82) is 0 Å². The predicted octanol–water partition coefficient (Wildman–Crippen LogP) is 4.93. The van der Waals surface area contributed by atoms with Crippen LogP contribution < -0.4 is 4.74 Å². The van der Waals surface area contributed by atoms with Gasteiger partial charge in [-0.2, -0.15) is 0 Å². The number of benzene rings is 3. The average molecular weight is 419 g/mol. The van der Waals surface area contributed by atoms with E-state index in [2.05, 4.69) is 0 Å². The van der Waals surface area contributed by atoms with Gasteiger partial charge in [0.1, 0.15) is 17.6 Å². The van der Waals surface area contributed by atoms with Crippen LogP contribution in [0.4, 0.5) is 4.39 Å². The van der Waals surface area contributed by atoms with E-state index >= 15 is 0 Å². The second kappa shape index (κ2) is 8.60. The van der Waals surface area contributed by atoms with Gasteiger partial charge in [0.25, 0.3) is 5.91 Å². The zero-order valence-corrected chi connectivity index (χ0v) is 17.0. The van der Waals surface area contributed by atoms with Crippen LogP contribution in [0.15, 0.2) is 72.8 Å². The number of ether oxygens (including phenoxy) is 1. The molecule has 2 atom stereocenters. The van der Waals surface area contributed by atoms with Gasteiger partial charge in [-0.05, 0) is 42.7 Å². The number of likely N-dealkylation sites (tertiary alicyclic amines) is 1. The standard InChI is InChI=1S/C25H22FNO4/c1-31-23-9-5-3-6-18(23)16-10-12-17(13-11-16)24(28)27-21(14-15-22(27)25(29)30)19-7-2-4-8-20(19)26/h2-13,21-22H,14-15H2,1H3,(H,29,30)/t21-,22-/m0/s1. The van der Waals surface area contributed by atoms with Gasteiger partial charge in [-0.1, -0.05) is 48.5 Å². The zero-order valence-electron chi connectivity index (χ0n) is 17.0. The quantitative estimate of drug-likeness (QED) is 0.637. The minimum atomic E-state index is -1.09. The first-order valence-corrected chi connectivity index (χ1v) is 10.0. The van der Waals surface area contributed by atoms with Gasteiger partial charge in [0.05, 0.1) is 13.2 Å². The molecule has 6 heteroatoms. The zero-order chi connectivity index (χ0) is 22.0. The van der Waals surface area contributed by atoms with Crippen LogP contribution in [-0.2, 0) is 4.79 Å². The van der Waals surface area contributed by atoms with Crippen LogP contribution in [0.25, 0.3) is 11.1 Å². The molecule has 0 aliphatic carbocycles. The number of para-hydroxylation sites is 1. The monoisotopic (exact) mass is 419 g/mol. The molecular weight excluding hydrogens is 397 g/mol. The van der Waals surface area contributed by atoms with E-state index in [1.165, 1.54) is 11.0 Å². The lowest BCUT2D eigenvalue weighted by atomic mass is 10.0. The van der Waals surface area contributed by atoms with Gasteiger partial charge in [-0.3, -0.25) is 4.79 Å². The lowest BCUT2D eigenvalue weighted by Gasteiger charge is -2.29. The van der Waals surface area contributed by atoms with Crippen molar-refractivity contribution in [3.63, 3.8) is 0 Å². The second-order valence-corrected chi connectivity index (χ2v) is 7.46. The Hall–Kier alpha value is -3.67. The summed E-state index contributed by atoms with van der Waals surface area (Å²) in [6, 6.07) is 19.1. The molecule has 0 radical (unpaired) electrons. The highest BCUT2D eigenvalue weighted by molar-refractivity contribution is 5.97. The molecule has 1 N–H and O–H groups in total. The molecular formula is C25H22FNO4. The fourth-order valence-electron chi connectivity index (χ4n) is 4.21. The van der Waals surface area contributed by atoms with Gasteiger partial charge >= 0.3 is 5.97 Å². The number of hydrogen-bond donors (Lipinski definition) is 1. The summed E-state index contributed by atoms with van der Waals surface area (Å²) in [5, 5.41) is 9.66. The summed E-state index contributed by atoms with van der Waals surface area (Å²) in [7, 11) is 1.60. The summed E-state index contributed by atoms with van der Waals surface area (Å²) >= 11 is 0. The van der Waals surface area contributed by atoms with E-state index in [0.717, 1.165) is 11.1 Å². The molecule has 0 bridgehead atoms. The molecule has 1 saturated heterocycles. The van der Waals surface area contributed by atoms with E-state index in [9.17, 15) is 19.1 Å². The first kappa shape index (κ1) is 20.6. The van der Waals surface area contributed by atoms with Crippen LogP contribution in [0, 0.1) is 5.82 Å². The van der Waals surface area contributed by atoms with Gasteiger partial charge in [-0.15, -0.1) is 0 Å². The number of carbonyl (C=O) groups excluding carboxylic acids is 1. The SMILES string of the molecule is COc1ccccc1-c1ccc(C(=O)N2[C@H](C(=O)O)CC[C@H]2c2ccccc2F)cc1. The molecule has 1 heterocycles. The lowest BCUT2D eigenvalue weighted by molar-refractivity contribution is -0.141. The molecule has 0 aromatic heterocycles. The normalized spacial score (nSPS) is 18.1. The first-order valence-electron chi connectivity index (χ1n) is 10.0. The predicted molar refractivity (Wildman–Crippen MR) is 114 cm³/mol. The Morgan fingerprint density at radius 3 is 2.32 bits per heavy atom. The summed E-state index contributed by atoms with van der Waals surface area (Å²) < 4.78 is 19.8. The second-order valence-electron chi connectivity index (χ2n) is 7.46. The third-order valence-corrected chi connectivity index (χ3v) is 5.72. The summed E-state index contributed by atoms with van der Waals surface area (Å²) in [4.78, 5) is 26.5. The van der Waals surface area contributed by atoms with E-state index < -0.39 is 29.8 Å². The summed E-state index contributed by atoms with van der Waals surface area (Å²) in [6.45, 7) is 0. The average Bonchev–Trinajstić information content (AvgIpc) is 3.24. The van der Waals surface area contributed by atoms with Gasteiger partial charge in [0, 0.05) is 16.7 Å². The van der Waals surface area contributed by atoms with Crippen LogP contribution in [0.1, 0.15) is 34.8 Å². The molecule has 0 unspecified atom stereocenters. The number of aliphatic carboxylic acids is 1.